The molecule has 35 heavy (non-hydrogen) atoms. The molecule has 8 heteroatoms. The molecule has 0 aromatic carbocycles. The van der Waals surface area contributed by atoms with Crippen LogP contribution in [0, 0.1) is 17.8 Å². The molecule has 2 aliphatic heterocycles. The van der Waals surface area contributed by atoms with Gasteiger partial charge in [-0.05, 0) is 44.1 Å². The van der Waals surface area contributed by atoms with Crippen LogP contribution in [0.15, 0.2) is 36.0 Å². The van der Waals surface area contributed by atoms with Gasteiger partial charge in [0.05, 0.1) is 12.0 Å². The molecule has 0 bridgehead atoms. The van der Waals surface area contributed by atoms with E-state index in [-0.39, 0.29) is 35.9 Å². The molecule has 2 amide bonds. The Labute approximate surface area is 207 Å². The number of Topliss-reactive ketones (excluding diaryl/α,β-unsaturated/α-hetero) is 1. The molecule has 5 atom stereocenters. The number of nitrogens with one attached hydrogen (secondary N) is 1. The normalized spacial score (nSPS) is 31.3. The Bertz CT molecular complexity index is 844. The van der Waals surface area contributed by atoms with Gasteiger partial charge in [-0.1, -0.05) is 38.2 Å². The smallest absolute Gasteiger partial charge is 0.331 e. The van der Waals surface area contributed by atoms with Crippen LogP contribution < -0.4 is 5.32 Å². The van der Waals surface area contributed by atoms with E-state index in [0.29, 0.717) is 44.1 Å². The average molecular weight is 490 g/mol. The van der Waals surface area contributed by atoms with Crippen LogP contribution in [0.4, 0.5) is 0 Å². The zero-order valence-corrected chi connectivity index (χ0v) is 21.2. The number of esters is 1. The van der Waals surface area contributed by atoms with Crippen LogP contribution in [-0.4, -0.2) is 54.1 Å². The van der Waals surface area contributed by atoms with E-state index >= 15 is 0 Å². The molecule has 0 aliphatic carbocycles. The van der Waals surface area contributed by atoms with Gasteiger partial charge in [0, 0.05) is 38.4 Å². The van der Waals surface area contributed by atoms with Crippen LogP contribution in [0.1, 0.15) is 65.7 Å². The summed E-state index contributed by atoms with van der Waals surface area (Å²) in [7, 11) is 1.55. The zero-order valence-electron chi connectivity index (χ0n) is 21.2. The predicted molar refractivity (Wildman–Crippen MR) is 131 cm³/mol. The van der Waals surface area contributed by atoms with E-state index in [1.54, 1.807) is 27.0 Å². The van der Waals surface area contributed by atoms with E-state index in [1.165, 1.54) is 6.08 Å². The van der Waals surface area contributed by atoms with Crippen molar-refractivity contribution in [3.63, 3.8) is 0 Å². The molecule has 1 saturated heterocycles. The lowest BCUT2D eigenvalue weighted by Crippen LogP contribution is -2.38. The number of aliphatic hydroxyl groups is 1. The van der Waals surface area contributed by atoms with Crippen molar-refractivity contribution in [2.24, 2.45) is 17.8 Å². The fraction of sp³-hybridized carbons (Fsp3) is 0.630. The standard InChI is InChI=1S/C27H39NO7/c1-17-14-18(2)27(35-25(32)13-8-6-5-7-12-22(34-4)26(17)33)19(3)21(29)11-9-10-20-15-23(30)28-24(31)16-20/h7-8,12-14,17,19-20,22,26-27,33H,5-6,9-11,15-16H2,1-4H3,(H,28,30,31)/b12-7-,13-8+,18-14-/t17-,19-,22-,26+,27+/m0/s1. The Morgan fingerprint density at radius 2 is 1.86 bits per heavy atom. The third-order valence-electron chi connectivity index (χ3n) is 6.67. The third-order valence-corrected chi connectivity index (χ3v) is 6.67. The van der Waals surface area contributed by atoms with Crippen molar-refractivity contribution < 1.29 is 33.8 Å². The Morgan fingerprint density at radius 3 is 2.51 bits per heavy atom. The van der Waals surface area contributed by atoms with Gasteiger partial charge in [0.1, 0.15) is 18.0 Å². The predicted octanol–water partition coefficient (Wildman–Crippen LogP) is 3.19. The van der Waals surface area contributed by atoms with E-state index in [4.69, 9.17) is 9.47 Å². The Kier molecular flexibility index (Phi) is 11.5. The third kappa shape index (κ3) is 9.18. The van der Waals surface area contributed by atoms with Gasteiger partial charge in [-0.25, -0.2) is 4.79 Å². The lowest BCUT2D eigenvalue weighted by molar-refractivity contribution is -0.145. The monoisotopic (exact) mass is 489 g/mol. The number of ketones is 1. The van der Waals surface area contributed by atoms with Crippen molar-refractivity contribution in [1.82, 2.24) is 5.32 Å². The summed E-state index contributed by atoms with van der Waals surface area (Å²) in [6, 6.07) is 0. The van der Waals surface area contributed by atoms with Crippen molar-refractivity contribution in [2.75, 3.05) is 7.11 Å². The maximum atomic E-state index is 13.0. The summed E-state index contributed by atoms with van der Waals surface area (Å²) in [4.78, 5) is 48.6. The van der Waals surface area contributed by atoms with Crippen LogP contribution in [0.2, 0.25) is 0 Å². The lowest BCUT2D eigenvalue weighted by Gasteiger charge is -2.27. The number of ether oxygens (including phenoxy) is 2. The SMILES string of the molecule is CO[C@H]1/C=C\CC/C=C/C(=O)O[C@@H]([C@@H](C)C(=O)CCCC2CC(=O)NC(=O)C2)/C(C)=C\[C@H](C)[C@H]1O. The number of carbonyl (C=O) groups excluding carboxylic acids is 4. The van der Waals surface area contributed by atoms with E-state index in [9.17, 15) is 24.3 Å². The van der Waals surface area contributed by atoms with E-state index in [0.717, 1.165) is 0 Å². The highest BCUT2D eigenvalue weighted by Gasteiger charge is 2.31. The average Bonchev–Trinajstić information content (AvgIpc) is 2.79. The molecule has 0 spiro atoms. The number of aliphatic hydroxyl groups excluding tert-OH is 1. The van der Waals surface area contributed by atoms with E-state index in [1.807, 2.05) is 25.2 Å². The molecule has 0 aromatic rings. The molecular weight excluding hydrogens is 450 g/mol. The van der Waals surface area contributed by atoms with Gasteiger partial charge in [-0.15, -0.1) is 0 Å². The van der Waals surface area contributed by atoms with Crippen LogP contribution in [0.3, 0.4) is 0 Å². The minimum absolute atomic E-state index is 0.0524. The topological polar surface area (TPSA) is 119 Å². The number of imide groups is 1. The molecule has 2 N–H and O–H groups in total. The van der Waals surface area contributed by atoms with Gasteiger partial charge in [-0.3, -0.25) is 19.7 Å². The lowest BCUT2D eigenvalue weighted by atomic mass is 9.86. The number of carbonyl (C=O) groups is 4. The minimum Gasteiger partial charge on any atom is -0.454 e. The fourth-order valence-corrected chi connectivity index (χ4v) is 4.61. The first-order valence-corrected chi connectivity index (χ1v) is 12.4. The Balaban J connectivity index is 2.11. The first-order valence-electron chi connectivity index (χ1n) is 12.4. The van der Waals surface area contributed by atoms with Crippen LogP contribution >= 0.6 is 0 Å². The molecule has 2 heterocycles. The number of hydrogen-bond acceptors (Lipinski definition) is 7. The number of rotatable bonds is 7. The molecule has 2 rings (SSSR count). The van der Waals surface area contributed by atoms with Crippen molar-refractivity contribution in [2.45, 2.75) is 84.0 Å². The number of hydrogen-bond donors (Lipinski definition) is 2. The van der Waals surface area contributed by atoms with Gasteiger partial charge in [0.15, 0.2) is 0 Å². The zero-order chi connectivity index (χ0) is 26.0. The number of allylic oxidation sites excluding steroid dienone is 2. The summed E-state index contributed by atoms with van der Waals surface area (Å²) in [6.45, 7) is 5.39. The summed E-state index contributed by atoms with van der Waals surface area (Å²) < 4.78 is 11.1. The summed E-state index contributed by atoms with van der Waals surface area (Å²) in [5.41, 5.74) is 0.685. The summed E-state index contributed by atoms with van der Waals surface area (Å²) in [5, 5.41) is 13.1. The van der Waals surface area contributed by atoms with Crippen LogP contribution in [0.25, 0.3) is 0 Å². The molecule has 2 aliphatic rings. The molecule has 0 radical (unpaired) electrons. The molecule has 0 unspecified atom stereocenters. The number of cyclic esters (lactones) is 1. The molecule has 1 fully saturated rings. The maximum absolute atomic E-state index is 13.0. The second kappa shape index (κ2) is 14.1. The number of amides is 2. The van der Waals surface area contributed by atoms with Crippen molar-refractivity contribution >= 4 is 23.6 Å². The first kappa shape index (κ1) is 28.7. The molecule has 194 valence electrons. The second-order valence-electron chi connectivity index (χ2n) is 9.62. The summed E-state index contributed by atoms with van der Waals surface area (Å²) >= 11 is 0. The molecule has 0 aromatic heterocycles. The minimum atomic E-state index is -0.803. The highest BCUT2D eigenvalue weighted by atomic mass is 16.5. The van der Waals surface area contributed by atoms with Crippen molar-refractivity contribution in [1.29, 1.82) is 0 Å². The van der Waals surface area contributed by atoms with Crippen LogP contribution in [0.5, 0.6) is 0 Å². The highest BCUT2D eigenvalue weighted by Crippen LogP contribution is 2.25. The van der Waals surface area contributed by atoms with Crippen molar-refractivity contribution in [3.05, 3.63) is 36.0 Å². The number of piperidine rings is 1. The van der Waals surface area contributed by atoms with Gasteiger partial charge < -0.3 is 14.6 Å². The number of methoxy groups -OCH3 is 1. The second-order valence-corrected chi connectivity index (χ2v) is 9.62. The van der Waals surface area contributed by atoms with Gasteiger partial charge in [-0.2, -0.15) is 0 Å². The largest absolute Gasteiger partial charge is 0.454 e. The van der Waals surface area contributed by atoms with Crippen molar-refractivity contribution in [3.8, 4) is 0 Å². The summed E-state index contributed by atoms with van der Waals surface area (Å²) in [5.74, 6) is -2.06. The molecule has 8 nitrogen and oxygen atoms in total. The van der Waals surface area contributed by atoms with Gasteiger partial charge in [0.2, 0.25) is 11.8 Å². The summed E-state index contributed by atoms with van der Waals surface area (Å²) in [6.07, 6.45) is 9.96. The van der Waals surface area contributed by atoms with E-state index < -0.39 is 30.2 Å². The maximum Gasteiger partial charge on any atom is 0.331 e. The van der Waals surface area contributed by atoms with E-state index in [2.05, 4.69) is 5.32 Å². The molecule has 0 saturated carbocycles. The van der Waals surface area contributed by atoms with Crippen LogP contribution in [-0.2, 0) is 28.7 Å². The Hall–Kier alpha value is -2.58. The van der Waals surface area contributed by atoms with Gasteiger partial charge in [0.25, 0.3) is 0 Å². The Morgan fingerprint density at radius 1 is 1.20 bits per heavy atom. The first-order chi connectivity index (χ1) is 16.6. The fourth-order valence-electron chi connectivity index (χ4n) is 4.61. The van der Waals surface area contributed by atoms with Gasteiger partial charge >= 0.3 is 5.97 Å². The highest BCUT2D eigenvalue weighted by molar-refractivity contribution is 5.97. The molecular formula is C27H39NO7. The quantitative estimate of drug-likeness (QED) is 0.320.